The summed E-state index contributed by atoms with van der Waals surface area (Å²) >= 11 is 1.30. The molecular weight excluding hydrogens is 441 g/mol. The van der Waals surface area contributed by atoms with Crippen molar-refractivity contribution in [2.75, 3.05) is 31.1 Å². The van der Waals surface area contributed by atoms with Crippen molar-refractivity contribution in [3.63, 3.8) is 0 Å². The van der Waals surface area contributed by atoms with Gasteiger partial charge >= 0.3 is 6.18 Å². The average Bonchev–Trinajstić information content (AvgIpc) is 3.27. The molecule has 0 saturated carbocycles. The first-order valence-corrected chi connectivity index (χ1v) is 10.8. The molecule has 4 heterocycles. The van der Waals surface area contributed by atoms with Gasteiger partial charge in [0.1, 0.15) is 10.3 Å². The SMILES string of the molecule is O=C(c1ccc2nc3ccsc3c(=O)n2c1)N1CCN(c2cccc(C(F)(F)F)c2)CC1. The fraction of sp³-hybridized carbons (Fsp3) is 0.227. The number of hydrogen-bond acceptors (Lipinski definition) is 5. The van der Waals surface area contributed by atoms with E-state index >= 15 is 0 Å². The number of benzene rings is 1. The van der Waals surface area contributed by atoms with Crippen LogP contribution in [0.2, 0.25) is 0 Å². The third-order valence-electron chi connectivity index (χ3n) is 5.57. The van der Waals surface area contributed by atoms with E-state index in [0.717, 1.165) is 12.1 Å². The van der Waals surface area contributed by atoms with Crippen LogP contribution in [0.25, 0.3) is 15.9 Å². The topological polar surface area (TPSA) is 57.9 Å². The molecule has 10 heteroatoms. The van der Waals surface area contributed by atoms with Gasteiger partial charge < -0.3 is 9.80 Å². The molecule has 1 aromatic carbocycles. The number of fused-ring (bicyclic) bond motifs is 2. The molecule has 1 aliphatic heterocycles. The smallest absolute Gasteiger partial charge is 0.368 e. The molecule has 4 aromatic rings. The second-order valence-electron chi connectivity index (χ2n) is 7.53. The number of hydrogen-bond donors (Lipinski definition) is 0. The quantitative estimate of drug-likeness (QED) is 0.457. The summed E-state index contributed by atoms with van der Waals surface area (Å²) in [5, 5.41) is 1.80. The highest BCUT2D eigenvalue weighted by molar-refractivity contribution is 7.17. The van der Waals surface area contributed by atoms with Gasteiger partial charge in [0.15, 0.2) is 0 Å². The molecule has 0 bridgehead atoms. The first-order valence-electron chi connectivity index (χ1n) is 9.92. The van der Waals surface area contributed by atoms with E-state index in [9.17, 15) is 22.8 Å². The molecule has 0 unspecified atom stereocenters. The summed E-state index contributed by atoms with van der Waals surface area (Å²) in [5.74, 6) is -0.228. The number of piperazine rings is 1. The van der Waals surface area contributed by atoms with E-state index in [1.807, 2.05) is 4.90 Å². The number of carbonyl (C=O) groups excluding carboxylic acids is 1. The maximum Gasteiger partial charge on any atom is 0.416 e. The summed E-state index contributed by atoms with van der Waals surface area (Å²) in [7, 11) is 0. The lowest BCUT2D eigenvalue weighted by molar-refractivity contribution is -0.137. The highest BCUT2D eigenvalue weighted by Crippen LogP contribution is 2.32. The van der Waals surface area contributed by atoms with Crippen molar-refractivity contribution in [2.24, 2.45) is 0 Å². The van der Waals surface area contributed by atoms with Gasteiger partial charge in [-0.3, -0.25) is 14.0 Å². The van der Waals surface area contributed by atoms with E-state index in [2.05, 4.69) is 4.98 Å². The molecular formula is C22H17F3N4O2S. The summed E-state index contributed by atoms with van der Waals surface area (Å²) in [4.78, 5) is 33.7. The van der Waals surface area contributed by atoms with Gasteiger partial charge in [0.05, 0.1) is 16.6 Å². The largest absolute Gasteiger partial charge is 0.416 e. The summed E-state index contributed by atoms with van der Waals surface area (Å²) in [5.41, 5.74) is 1.03. The lowest BCUT2D eigenvalue weighted by Gasteiger charge is -2.36. The number of halogens is 3. The van der Waals surface area contributed by atoms with Crippen molar-refractivity contribution in [2.45, 2.75) is 6.18 Å². The molecule has 0 atom stereocenters. The van der Waals surface area contributed by atoms with E-state index in [1.165, 1.54) is 28.0 Å². The van der Waals surface area contributed by atoms with Gasteiger partial charge in [0.25, 0.3) is 11.5 Å². The minimum Gasteiger partial charge on any atom is -0.368 e. The summed E-state index contributed by atoms with van der Waals surface area (Å²) in [6.07, 6.45) is -2.89. The van der Waals surface area contributed by atoms with Gasteiger partial charge in [-0.2, -0.15) is 13.2 Å². The number of anilines is 1. The van der Waals surface area contributed by atoms with Crippen molar-refractivity contribution >= 4 is 38.8 Å². The van der Waals surface area contributed by atoms with Crippen molar-refractivity contribution in [3.8, 4) is 0 Å². The molecule has 1 fully saturated rings. The zero-order valence-corrected chi connectivity index (χ0v) is 17.5. The van der Waals surface area contributed by atoms with Gasteiger partial charge in [0.2, 0.25) is 0 Å². The van der Waals surface area contributed by atoms with E-state index in [0.29, 0.717) is 53.3 Å². The predicted molar refractivity (Wildman–Crippen MR) is 116 cm³/mol. The molecule has 164 valence electrons. The minimum atomic E-state index is -4.40. The number of nitrogens with zero attached hydrogens (tertiary/aromatic N) is 4. The van der Waals surface area contributed by atoms with E-state index in [1.54, 1.807) is 34.5 Å². The lowest BCUT2D eigenvalue weighted by Crippen LogP contribution is -2.48. The monoisotopic (exact) mass is 458 g/mol. The molecule has 1 saturated heterocycles. The molecule has 32 heavy (non-hydrogen) atoms. The van der Waals surface area contributed by atoms with Gasteiger partial charge in [-0.1, -0.05) is 6.07 Å². The number of amides is 1. The van der Waals surface area contributed by atoms with Crippen molar-refractivity contribution in [1.29, 1.82) is 0 Å². The zero-order chi connectivity index (χ0) is 22.5. The number of alkyl halides is 3. The average molecular weight is 458 g/mol. The maximum absolute atomic E-state index is 13.0. The van der Waals surface area contributed by atoms with Gasteiger partial charge in [-0.25, -0.2) is 4.98 Å². The number of thiophene rings is 1. The molecule has 1 aliphatic rings. The van der Waals surface area contributed by atoms with Crippen molar-refractivity contribution < 1.29 is 18.0 Å². The molecule has 6 nitrogen and oxygen atoms in total. The molecule has 0 spiro atoms. The van der Waals surface area contributed by atoms with E-state index < -0.39 is 11.7 Å². The maximum atomic E-state index is 13.0. The van der Waals surface area contributed by atoms with Crippen LogP contribution < -0.4 is 10.5 Å². The first-order chi connectivity index (χ1) is 15.3. The second kappa shape index (κ2) is 7.63. The van der Waals surface area contributed by atoms with Crippen molar-refractivity contribution in [3.05, 3.63) is 75.5 Å². The Bertz CT molecular complexity index is 1390. The highest BCUT2D eigenvalue weighted by Gasteiger charge is 2.31. The number of pyridine rings is 1. The number of carbonyl (C=O) groups is 1. The number of rotatable bonds is 2. The Morgan fingerprint density at radius 1 is 1.03 bits per heavy atom. The first kappa shape index (κ1) is 20.5. The minimum absolute atomic E-state index is 0.219. The van der Waals surface area contributed by atoms with Gasteiger partial charge in [-0.15, -0.1) is 11.3 Å². The third-order valence-corrected chi connectivity index (χ3v) is 6.46. The molecule has 0 N–H and O–H groups in total. The van der Waals surface area contributed by atoms with Gasteiger partial charge in [0, 0.05) is 38.1 Å². The van der Waals surface area contributed by atoms with Crippen LogP contribution in [0.15, 0.2) is 58.8 Å². The molecule has 0 radical (unpaired) electrons. The van der Waals surface area contributed by atoms with Crippen LogP contribution in [-0.4, -0.2) is 46.4 Å². The third kappa shape index (κ3) is 3.60. The van der Waals surface area contributed by atoms with Crippen LogP contribution in [0.1, 0.15) is 15.9 Å². The molecule has 1 amide bonds. The van der Waals surface area contributed by atoms with E-state index in [-0.39, 0.29) is 11.5 Å². The lowest BCUT2D eigenvalue weighted by atomic mass is 10.1. The zero-order valence-electron chi connectivity index (χ0n) is 16.7. The Labute approximate surface area is 184 Å². The summed E-state index contributed by atoms with van der Waals surface area (Å²) < 4.78 is 40.9. The summed E-state index contributed by atoms with van der Waals surface area (Å²) in [6, 6.07) is 10.3. The predicted octanol–water partition coefficient (Wildman–Crippen LogP) is 3.89. The molecule has 5 rings (SSSR count). The van der Waals surface area contributed by atoms with Crippen LogP contribution in [0.5, 0.6) is 0 Å². The second-order valence-corrected chi connectivity index (χ2v) is 8.44. The van der Waals surface area contributed by atoms with E-state index in [4.69, 9.17) is 0 Å². The summed E-state index contributed by atoms with van der Waals surface area (Å²) in [6.45, 7) is 1.56. The fourth-order valence-electron chi connectivity index (χ4n) is 3.89. The standard InChI is InChI=1S/C22H17F3N4O2S/c23-22(24,25)15-2-1-3-16(12-15)27-7-9-28(10-8-27)20(30)14-4-5-18-26-17-6-11-32-19(17)21(31)29(18)13-14/h1-6,11-13H,7-10H2. The highest BCUT2D eigenvalue weighted by atomic mass is 32.1. The van der Waals surface area contributed by atoms with Gasteiger partial charge in [-0.05, 0) is 41.8 Å². The van der Waals surface area contributed by atoms with Crippen LogP contribution in [0.3, 0.4) is 0 Å². The van der Waals surface area contributed by atoms with Crippen LogP contribution in [-0.2, 0) is 6.18 Å². The van der Waals surface area contributed by atoms with Crippen LogP contribution in [0.4, 0.5) is 18.9 Å². The Balaban J connectivity index is 1.34. The Morgan fingerprint density at radius 2 is 1.81 bits per heavy atom. The number of aromatic nitrogens is 2. The fourth-order valence-corrected chi connectivity index (χ4v) is 4.65. The van der Waals surface area contributed by atoms with Crippen LogP contribution >= 0.6 is 11.3 Å². The molecule has 3 aromatic heterocycles. The normalized spacial score (nSPS) is 15.0. The Kier molecular flexibility index (Phi) is 4.89. The van der Waals surface area contributed by atoms with Crippen molar-refractivity contribution in [1.82, 2.24) is 14.3 Å². The molecule has 0 aliphatic carbocycles. The Hall–Kier alpha value is -3.40. The van der Waals surface area contributed by atoms with Crippen LogP contribution in [0, 0.1) is 0 Å². The Morgan fingerprint density at radius 3 is 2.56 bits per heavy atom.